The van der Waals surface area contributed by atoms with E-state index in [1.807, 2.05) is 0 Å². The number of benzene rings is 2. The molecule has 1 heterocycles. The van der Waals surface area contributed by atoms with Gasteiger partial charge in [0, 0.05) is 12.1 Å². The Labute approximate surface area is 140 Å². The lowest BCUT2D eigenvalue weighted by molar-refractivity contribution is -0.0538. The first kappa shape index (κ1) is 16.2. The third kappa shape index (κ3) is 3.81. The average molecular weight is 309 g/mol. The number of hydrogen-bond acceptors (Lipinski definition) is 3. The quantitative estimate of drug-likeness (QED) is 0.847. The molecule has 2 atom stereocenters. The van der Waals surface area contributed by atoms with E-state index in [0.29, 0.717) is 12.1 Å². The van der Waals surface area contributed by atoms with Gasteiger partial charge in [0.2, 0.25) is 0 Å². The van der Waals surface area contributed by atoms with Crippen LogP contribution in [-0.2, 0) is 0 Å². The first-order valence-electron chi connectivity index (χ1n) is 8.41. The van der Waals surface area contributed by atoms with Crippen molar-refractivity contribution in [2.75, 3.05) is 27.1 Å². The molecule has 2 aromatic rings. The fourth-order valence-corrected chi connectivity index (χ4v) is 3.36. The fraction of sp³-hybridized carbons (Fsp3) is 0.400. The van der Waals surface area contributed by atoms with E-state index in [0.717, 1.165) is 20.0 Å². The molecule has 2 aromatic carbocycles. The molecule has 3 heteroatoms. The van der Waals surface area contributed by atoms with E-state index >= 15 is 0 Å². The Morgan fingerprint density at radius 1 is 0.652 bits per heavy atom. The minimum atomic E-state index is 0.421. The molecule has 0 aromatic heterocycles. The Morgan fingerprint density at radius 2 is 1.04 bits per heavy atom. The summed E-state index contributed by atoms with van der Waals surface area (Å²) in [4.78, 5) is 7.47. The van der Waals surface area contributed by atoms with Gasteiger partial charge in [-0.1, -0.05) is 60.7 Å². The van der Waals surface area contributed by atoms with E-state index in [-0.39, 0.29) is 0 Å². The van der Waals surface area contributed by atoms with Gasteiger partial charge in [-0.15, -0.1) is 0 Å². The maximum absolute atomic E-state index is 2.54. The molecule has 1 saturated heterocycles. The Morgan fingerprint density at radius 3 is 1.43 bits per heavy atom. The fourth-order valence-electron chi connectivity index (χ4n) is 3.36. The molecule has 0 unspecified atom stereocenters. The van der Waals surface area contributed by atoms with Crippen LogP contribution in [0.15, 0.2) is 60.7 Å². The molecule has 23 heavy (non-hydrogen) atoms. The Hall–Kier alpha value is -1.68. The maximum atomic E-state index is 2.54. The SMILES string of the molecule is C[C@H](c1ccccc1)N1CN(C)CN([C@H](C)c2ccccc2)C1. The number of nitrogens with zero attached hydrogens (tertiary/aromatic N) is 3. The molecule has 122 valence electrons. The highest BCUT2D eigenvalue weighted by molar-refractivity contribution is 5.20. The van der Waals surface area contributed by atoms with Crippen LogP contribution in [0.5, 0.6) is 0 Å². The van der Waals surface area contributed by atoms with Crippen LogP contribution in [0.2, 0.25) is 0 Å². The largest absolute Gasteiger partial charge is 0.280 e. The van der Waals surface area contributed by atoms with Crippen LogP contribution >= 0.6 is 0 Å². The Kier molecular flexibility index (Phi) is 5.11. The summed E-state index contributed by atoms with van der Waals surface area (Å²) < 4.78 is 0. The zero-order valence-corrected chi connectivity index (χ0v) is 14.4. The number of hydrogen-bond donors (Lipinski definition) is 0. The van der Waals surface area contributed by atoms with Gasteiger partial charge in [0.1, 0.15) is 0 Å². The molecule has 0 N–H and O–H groups in total. The van der Waals surface area contributed by atoms with Gasteiger partial charge in [-0.25, -0.2) is 0 Å². The van der Waals surface area contributed by atoms with Crippen molar-refractivity contribution in [3.05, 3.63) is 71.8 Å². The van der Waals surface area contributed by atoms with E-state index in [4.69, 9.17) is 0 Å². The van der Waals surface area contributed by atoms with Gasteiger partial charge in [-0.2, -0.15) is 0 Å². The van der Waals surface area contributed by atoms with Gasteiger partial charge in [-0.05, 0) is 32.0 Å². The lowest BCUT2D eigenvalue weighted by Gasteiger charge is -2.45. The van der Waals surface area contributed by atoms with E-state index in [1.54, 1.807) is 0 Å². The summed E-state index contributed by atoms with van der Waals surface area (Å²) in [5.74, 6) is 0. The van der Waals surface area contributed by atoms with E-state index in [9.17, 15) is 0 Å². The highest BCUT2D eigenvalue weighted by atomic mass is 15.5. The molecule has 1 aliphatic heterocycles. The second kappa shape index (κ2) is 7.26. The molecule has 0 spiro atoms. The smallest absolute Gasteiger partial charge is 0.0542 e. The van der Waals surface area contributed by atoms with Gasteiger partial charge >= 0.3 is 0 Å². The molecular formula is C20H27N3. The minimum Gasteiger partial charge on any atom is -0.280 e. The zero-order chi connectivity index (χ0) is 16.2. The van der Waals surface area contributed by atoms with Crippen molar-refractivity contribution in [2.24, 2.45) is 0 Å². The predicted molar refractivity (Wildman–Crippen MR) is 95.8 cm³/mol. The summed E-state index contributed by atoms with van der Waals surface area (Å²) in [5.41, 5.74) is 2.77. The molecule has 0 radical (unpaired) electrons. The third-order valence-electron chi connectivity index (χ3n) is 4.87. The van der Waals surface area contributed by atoms with Gasteiger partial charge in [0.05, 0.1) is 20.0 Å². The van der Waals surface area contributed by atoms with E-state index < -0.39 is 0 Å². The van der Waals surface area contributed by atoms with Crippen molar-refractivity contribution in [3.8, 4) is 0 Å². The van der Waals surface area contributed by atoms with Crippen molar-refractivity contribution in [1.29, 1.82) is 0 Å². The molecule has 3 rings (SSSR count). The predicted octanol–water partition coefficient (Wildman–Crippen LogP) is 3.93. The van der Waals surface area contributed by atoms with Crippen LogP contribution < -0.4 is 0 Å². The molecule has 3 nitrogen and oxygen atoms in total. The summed E-state index contributed by atoms with van der Waals surface area (Å²) in [6, 6.07) is 22.4. The third-order valence-corrected chi connectivity index (χ3v) is 4.87. The first-order chi connectivity index (χ1) is 11.1. The van der Waals surface area contributed by atoms with Crippen molar-refractivity contribution < 1.29 is 0 Å². The lowest BCUT2D eigenvalue weighted by atomic mass is 10.1. The molecule has 0 bridgehead atoms. The molecule has 0 amide bonds. The first-order valence-corrected chi connectivity index (χ1v) is 8.41. The average Bonchev–Trinajstić information content (AvgIpc) is 2.61. The topological polar surface area (TPSA) is 9.72 Å². The van der Waals surface area contributed by atoms with Crippen LogP contribution in [0.4, 0.5) is 0 Å². The summed E-state index contributed by atoms with van der Waals surface area (Å²) >= 11 is 0. The van der Waals surface area contributed by atoms with Crippen molar-refractivity contribution in [2.45, 2.75) is 25.9 Å². The standard InChI is InChI=1S/C20H27N3/c1-17(19-10-6-4-7-11-19)22-14-21(3)15-23(16-22)18(2)20-12-8-5-9-13-20/h4-13,17-18H,14-16H2,1-3H3/t17-,18-/m1/s1. The Bertz CT molecular complexity index is 545. The van der Waals surface area contributed by atoms with Crippen molar-refractivity contribution in [3.63, 3.8) is 0 Å². The van der Waals surface area contributed by atoms with Crippen molar-refractivity contribution in [1.82, 2.24) is 14.7 Å². The second-order valence-corrected chi connectivity index (χ2v) is 6.63. The molecule has 1 fully saturated rings. The van der Waals surface area contributed by atoms with Gasteiger partial charge in [0.15, 0.2) is 0 Å². The van der Waals surface area contributed by atoms with Crippen LogP contribution in [0.25, 0.3) is 0 Å². The molecular weight excluding hydrogens is 282 g/mol. The molecule has 0 aliphatic carbocycles. The summed E-state index contributed by atoms with van der Waals surface area (Å²) in [7, 11) is 2.20. The minimum absolute atomic E-state index is 0.421. The van der Waals surface area contributed by atoms with Crippen LogP contribution in [0.1, 0.15) is 37.1 Å². The number of rotatable bonds is 4. The van der Waals surface area contributed by atoms with Gasteiger partial charge in [0.25, 0.3) is 0 Å². The van der Waals surface area contributed by atoms with Crippen LogP contribution in [0, 0.1) is 0 Å². The molecule has 1 aliphatic rings. The van der Waals surface area contributed by atoms with Gasteiger partial charge in [-0.3, -0.25) is 14.7 Å². The van der Waals surface area contributed by atoms with Gasteiger partial charge < -0.3 is 0 Å². The zero-order valence-electron chi connectivity index (χ0n) is 14.4. The van der Waals surface area contributed by atoms with Crippen LogP contribution in [0.3, 0.4) is 0 Å². The summed E-state index contributed by atoms with van der Waals surface area (Å²) in [6.45, 7) is 7.62. The second-order valence-electron chi connectivity index (χ2n) is 6.63. The highest BCUT2D eigenvalue weighted by Gasteiger charge is 2.28. The van der Waals surface area contributed by atoms with E-state index in [1.165, 1.54) is 11.1 Å². The van der Waals surface area contributed by atoms with E-state index in [2.05, 4.69) is 96.3 Å². The monoisotopic (exact) mass is 309 g/mol. The highest BCUT2D eigenvalue weighted by Crippen LogP contribution is 2.27. The molecule has 0 saturated carbocycles. The summed E-state index contributed by atoms with van der Waals surface area (Å²) in [6.07, 6.45) is 0. The lowest BCUT2D eigenvalue weighted by Crippen LogP contribution is -2.54. The van der Waals surface area contributed by atoms with Crippen LogP contribution in [-0.4, -0.2) is 41.8 Å². The summed E-state index contributed by atoms with van der Waals surface area (Å²) in [5, 5.41) is 0. The van der Waals surface area contributed by atoms with Crippen molar-refractivity contribution >= 4 is 0 Å². The normalized spacial score (nSPS) is 20.3. The maximum Gasteiger partial charge on any atom is 0.0542 e. The Balaban J connectivity index is 1.74.